The Morgan fingerprint density at radius 1 is 1.32 bits per heavy atom. The molecule has 2 N–H and O–H groups in total. The van der Waals surface area contributed by atoms with Crippen LogP contribution in [-0.4, -0.2) is 34.5 Å². The van der Waals surface area contributed by atoms with E-state index < -0.39 is 6.04 Å². The highest BCUT2D eigenvalue weighted by Gasteiger charge is 2.20. The van der Waals surface area contributed by atoms with Gasteiger partial charge in [-0.1, -0.05) is 0 Å². The average molecular weight is 358 g/mol. The largest absolute Gasteiger partial charge is 0.497 e. The van der Waals surface area contributed by atoms with Crippen molar-refractivity contribution >= 4 is 39.2 Å². The first kappa shape index (κ1) is 17.0. The molecule has 0 fully saturated rings. The van der Waals surface area contributed by atoms with E-state index in [1.807, 2.05) is 25.2 Å². The highest BCUT2D eigenvalue weighted by molar-refractivity contribution is 7.13. The van der Waals surface area contributed by atoms with Gasteiger partial charge in [0.2, 0.25) is 5.91 Å². The van der Waals surface area contributed by atoms with Gasteiger partial charge in [-0.15, -0.1) is 11.3 Å². The number of carbonyl (C=O) groups excluding carboxylic acids is 2. The molecule has 2 amide bonds. The van der Waals surface area contributed by atoms with Gasteiger partial charge in [0, 0.05) is 29.5 Å². The predicted octanol–water partition coefficient (Wildman–Crippen LogP) is 2.40. The van der Waals surface area contributed by atoms with Crippen LogP contribution in [0.1, 0.15) is 17.4 Å². The Morgan fingerprint density at radius 3 is 2.80 bits per heavy atom. The lowest BCUT2D eigenvalue weighted by Crippen LogP contribution is -2.42. The Morgan fingerprint density at radius 2 is 2.12 bits per heavy atom. The number of anilines is 1. The Labute approximate surface area is 148 Å². The van der Waals surface area contributed by atoms with Gasteiger partial charge in [-0.2, -0.15) is 0 Å². The van der Waals surface area contributed by atoms with Crippen LogP contribution in [0.4, 0.5) is 5.13 Å². The number of benzene rings is 1. The molecule has 25 heavy (non-hydrogen) atoms. The highest BCUT2D eigenvalue weighted by atomic mass is 32.1. The van der Waals surface area contributed by atoms with Crippen LogP contribution < -0.4 is 15.4 Å². The van der Waals surface area contributed by atoms with Gasteiger partial charge >= 0.3 is 0 Å². The lowest BCUT2D eigenvalue weighted by atomic mass is 10.2. The topological polar surface area (TPSA) is 85.2 Å². The van der Waals surface area contributed by atoms with Crippen molar-refractivity contribution < 1.29 is 14.3 Å². The standard InChI is InChI=1S/C17H18N4O3S/c1-10(15(22)20-17-18-6-7-25-17)19-16(23)14-9-11-8-12(24-3)4-5-13(11)21(14)2/h4-10H,1-3H3,(H,19,23)(H,18,20,22). The summed E-state index contributed by atoms with van der Waals surface area (Å²) in [7, 11) is 3.41. The number of nitrogens with one attached hydrogen (secondary N) is 2. The summed E-state index contributed by atoms with van der Waals surface area (Å²) in [5.74, 6) is 0.0874. The molecule has 0 spiro atoms. The predicted molar refractivity (Wildman–Crippen MR) is 97.1 cm³/mol. The summed E-state index contributed by atoms with van der Waals surface area (Å²) in [6.45, 7) is 1.63. The smallest absolute Gasteiger partial charge is 0.268 e. The summed E-state index contributed by atoms with van der Waals surface area (Å²) in [6, 6.07) is 6.69. The number of carbonyl (C=O) groups is 2. The van der Waals surface area contributed by atoms with Crippen molar-refractivity contribution in [1.29, 1.82) is 0 Å². The average Bonchev–Trinajstić information content (AvgIpc) is 3.22. The van der Waals surface area contributed by atoms with Crippen LogP contribution in [0.25, 0.3) is 10.9 Å². The molecular weight excluding hydrogens is 340 g/mol. The van der Waals surface area contributed by atoms with Crippen LogP contribution in [0, 0.1) is 0 Å². The van der Waals surface area contributed by atoms with E-state index in [0.717, 1.165) is 16.7 Å². The van der Waals surface area contributed by atoms with E-state index in [2.05, 4.69) is 15.6 Å². The van der Waals surface area contributed by atoms with E-state index in [4.69, 9.17) is 4.74 Å². The van der Waals surface area contributed by atoms with E-state index >= 15 is 0 Å². The number of nitrogens with zero attached hydrogens (tertiary/aromatic N) is 2. The van der Waals surface area contributed by atoms with Gasteiger partial charge in [0.1, 0.15) is 17.5 Å². The monoisotopic (exact) mass is 358 g/mol. The molecule has 3 aromatic rings. The molecule has 0 bridgehead atoms. The summed E-state index contributed by atoms with van der Waals surface area (Å²) in [5.41, 5.74) is 1.38. The minimum atomic E-state index is -0.691. The first-order valence-electron chi connectivity index (χ1n) is 7.64. The lowest BCUT2D eigenvalue weighted by molar-refractivity contribution is -0.117. The van der Waals surface area contributed by atoms with Crippen LogP contribution >= 0.6 is 11.3 Å². The third-order valence-electron chi connectivity index (χ3n) is 3.89. The van der Waals surface area contributed by atoms with Gasteiger partial charge in [0.15, 0.2) is 5.13 Å². The first-order chi connectivity index (χ1) is 12.0. The van der Waals surface area contributed by atoms with E-state index in [1.54, 1.807) is 36.2 Å². The van der Waals surface area contributed by atoms with Crippen molar-refractivity contribution in [3.8, 4) is 5.75 Å². The molecule has 8 heteroatoms. The van der Waals surface area contributed by atoms with Crippen molar-refractivity contribution in [2.45, 2.75) is 13.0 Å². The van der Waals surface area contributed by atoms with Crippen molar-refractivity contribution in [1.82, 2.24) is 14.9 Å². The molecule has 2 heterocycles. The molecule has 0 radical (unpaired) electrons. The quantitative estimate of drug-likeness (QED) is 0.733. The van der Waals surface area contributed by atoms with Crippen molar-refractivity contribution in [3.63, 3.8) is 0 Å². The molecule has 1 aromatic carbocycles. The number of aromatic nitrogens is 2. The number of fused-ring (bicyclic) bond motifs is 1. The Bertz CT molecular complexity index is 918. The van der Waals surface area contributed by atoms with Crippen molar-refractivity contribution in [3.05, 3.63) is 41.5 Å². The molecule has 0 saturated heterocycles. The number of hydrogen-bond acceptors (Lipinski definition) is 5. The second kappa shape index (κ2) is 6.94. The molecule has 1 atom stereocenters. The van der Waals surface area contributed by atoms with Crippen LogP contribution in [0.15, 0.2) is 35.8 Å². The highest BCUT2D eigenvalue weighted by Crippen LogP contribution is 2.23. The van der Waals surface area contributed by atoms with Crippen LogP contribution in [-0.2, 0) is 11.8 Å². The lowest BCUT2D eigenvalue weighted by Gasteiger charge is -2.13. The second-order valence-electron chi connectivity index (χ2n) is 5.53. The van der Waals surface area contributed by atoms with E-state index in [9.17, 15) is 9.59 Å². The van der Waals surface area contributed by atoms with Gasteiger partial charge < -0.3 is 19.9 Å². The molecule has 130 valence electrons. The van der Waals surface area contributed by atoms with E-state index in [-0.39, 0.29) is 11.8 Å². The van der Waals surface area contributed by atoms with Gasteiger partial charge in [0.05, 0.1) is 7.11 Å². The third-order valence-corrected chi connectivity index (χ3v) is 4.57. The number of amides is 2. The number of methoxy groups -OCH3 is 1. The normalized spacial score (nSPS) is 12.0. The maximum absolute atomic E-state index is 12.6. The Kier molecular flexibility index (Phi) is 4.71. The zero-order valence-electron chi connectivity index (χ0n) is 14.1. The van der Waals surface area contributed by atoms with Crippen LogP contribution in [0.5, 0.6) is 5.75 Å². The number of hydrogen-bond donors (Lipinski definition) is 2. The molecule has 3 rings (SSSR count). The van der Waals surface area contributed by atoms with Gasteiger partial charge in [-0.3, -0.25) is 9.59 Å². The molecule has 0 saturated carbocycles. The fourth-order valence-corrected chi connectivity index (χ4v) is 3.04. The van der Waals surface area contributed by atoms with Crippen molar-refractivity contribution in [2.75, 3.05) is 12.4 Å². The Balaban J connectivity index is 1.75. The minimum Gasteiger partial charge on any atom is -0.497 e. The first-order valence-corrected chi connectivity index (χ1v) is 8.52. The zero-order chi connectivity index (χ0) is 18.0. The zero-order valence-corrected chi connectivity index (χ0v) is 14.9. The number of ether oxygens (including phenoxy) is 1. The summed E-state index contributed by atoms with van der Waals surface area (Å²) < 4.78 is 7.00. The molecule has 0 aliphatic carbocycles. The maximum atomic E-state index is 12.6. The fraction of sp³-hybridized carbons (Fsp3) is 0.235. The van der Waals surface area contributed by atoms with E-state index in [0.29, 0.717) is 10.8 Å². The van der Waals surface area contributed by atoms with Crippen LogP contribution in [0.3, 0.4) is 0 Å². The minimum absolute atomic E-state index is 0.316. The molecule has 7 nitrogen and oxygen atoms in total. The third kappa shape index (κ3) is 3.48. The maximum Gasteiger partial charge on any atom is 0.268 e. The molecule has 0 aliphatic heterocycles. The van der Waals surface area contributed by atoms with Crippen LogP contribution in [0.2, 0.25) is 0 Å². The number of aryl methyl sites for hydroxylation is 1. The van der Waals surface area contributed by atoms with Gasteiger partial charge in [-0.25, -0.2) is 4.98 Å². The van der Waals surface area contributed by atoms with E-state index in [1.165, 1.54) is 11.3 Å². The molecule has 0 aliphatic rings. The summed E-state index contributed by atoms with van der Waals surface area (Å²) in [4.78, 5) is 28.7. The molecule has 1 unspecified atom stereocenters. The van der Waals surface area contributed by atoms with Crippen molar-refractivity contribution in [2.24, 2.45) is 7.05 Å². The number of thiazole rings is 1. The summed E-state index contributed by atoms with van der Waals surface area (Å²) in [6.07, 6.45) is 1.60. The number of rotatable bonds is 5. The second-order valence-corrected chi connectivity index (χ2v) is 6.43. The SMILES string of the molecule is COc1ccc2c(c1)cc(C(=O)NC(C)C(=O)Nc1nccs1)n2C. The van der Waals surface area contributed by atoms with Gasteiger partial charge in [-0.05, 0) is 31.2 Å². The molecule has 2 aromatic heterocycles. The summed E-state index contributed by atoms with van der Waals surface area (Å²) >= 11 is 1.32. The fourth-order valence-electron chi connectivity index (χ4n) is 2.51. The molecular formula is C17H18N4O3S. The Hall–Kier alpha value is -2.87. The summed E-state index contributed by atoms with van der Waals surface area (Å²) in [5, 5.41) is 8.54. The van der Waals surface area contributed by atoms with Gasteiger partial charge in [0.25, 0.3) is 5.91 Å².